The molecule has 1 spiro atoms. The minimum absolute atomic E-state index is 0.456. The zero-order chi connectivity index (χ0) is 20.1. The number of aromatic nitrogens is 1. The fourth-order valence-corrected chi connectivity index (χ4v) is 5.02. The Hall–Kier alpha value is -3.24. The minimum atomic E-state index is -0.456. The van der Waals surface area contributed by atoms with Gasteiger partial charge in [-0.05, 0) is 35.4 Å². The zero-order valence-electron chi connectivity index (χ0n) is 16.9. The number of fused-ring (bicyclic) bond motifs is 5. The van der Waals surface area contributed by atoms with Crippen LogP contribution in [0.3, 0.4) is 0 Å². The first-order valence-corrected chi connectivity index (χ1v) is 10.4. The predicted octanol–water partition coefficient (Wildman–Crippen LogP) is 5.06. The van der Waals surface area contributed by atoms with Gasteiger partial charge in [-0.1, -0.05) is 48.5 Å². The summed E-state index contributed by atoms with van der Waals surface area (Å²) in [5.74, 6) is 1.85. The Bertz CT molecular complexity index is 1210. The van der Waals surface area contributed by atoms with E-state index in [0.717, 1.165) is 24.5 Å². The molecule has 2 aliphatic rings. The molecule has 1 atom stereocenters. The average molecular weight is 397 g/mol. The molecular weight excluding hydrogens is 374 g/mol. The average Bonchev–Trinajstić information content (AvgIpc) is 3.31. The normalized spacial score (nSPS) is 19.5. The van der Waals surface area contributed by atoms with Crippen molar-refractivity contribution in [3.8, 4) is 11.5 Å². The van der Waals surface area contributed by atoms with Gasteiger partial charge in [-0.2, -0.15) is 0 Å². The highest BCUT2D eigenvalue weighted by Gasteiger charge is 2.47. The first kappa shape index (κ1) is 17.6. The van der Waals surface area contributed by atoms with Crippen LogP contribution in [0.1, 0.15) is 22.4 Å². The molecule has 2 aliphatic heterocycles. The number of ether oxygens (including phenoxy) is 3. The molecule has 0 saturated heterocycles. The van der Waals surface area contributed by atoms with Crippen molar-refractivity contribution in [2.45, 2.75) is 25.2 Å². The second kappa shape index (κ2) is 6.64. The van der Waals surface area contributed by atoms with Crippen molar-refractivity contribution in [1.82, 2.24) is 4.57 Å². The lowest BCUT2D eigenvalue weighted by atomic mass is 9.86. The highest BCUT2D eigenvalue weighted by molar-refractivity contribution is 5.87. The van der Waals surface area contributed by atoms with Gasteiger partial charge >= 0.3 is 0 Å². The quantitative estimate of drug-likeness (QED) is 0.484. The van der Waals surface area contributed by atoms with Crippen LogP contribution in [0.4, 0.5) is 0 Å². The Morgan fingerprint density at radius 1 is 0.967 bits per heavy atom. The molecule has 6 rings (SSSR count). The monoisotopic (exact) mass is 397 g/mol. The van der Waals surface area contributed by atoms with E-state index in [0.29, 0.717) is 13.2 Å². The van der Waals surface area contributed by atoms with E-state index >= 15 is 0 Å². The molecule has 4 nitrogen and oxygen atoms in total. The largest absolute Gasteiger partial charge is 0.497 e. The van der Waals surface area contributed by atoms with Crippen LogP contribution in [0.25, 0.3) is 10.9 Å². The smallest absolute Gasteiger partial charge is 0.164 e. The minimum Gasteiger partial charge on any atom is -0.497 e. The Morgan fingerprint density at radius 3 is 2.60 bits per heavy atom. The highest BCUT2D eigenvalue weighted by atomic mass is 16.6. The van der Waals surface area contributed by atoms with Gasteiger partial charge in [-0.25, -0.2) is 0 Å². The van der Waals surface area contributed by atoms with Crippen molar-refractivity contribution in [3.05, 3.63) is 95.2 Å². The van der Waals surface area contributed by atoms with Gasteiger partial charge in [0.25, 0.3) is 0 Å². The number of benzene rings is 3. The molecule has 0 N–H and O–H groups in total. The molecule has 0 saturated carbocycles. The van der Waals surface area contributed by atoms with Crippen molar-refractivity contribution in [1.29, 1.82) is 0 Å². The maximum absolute atomic E-state index is 6.61. The lowest BCUT2D eigenvalue weighted by molar-refractivity contribution is -0.0427. The van der Waals surface area contributed by atoms with Crippen molar-refractivity contribution >= 4 is 10.9 Å². The number of rotatable bonds is 3. The molecule has 0 radical (unpaired) electrons. The second-order valence-corrected chi connectivity index (χ2v) is 8.15. The van der Waals surface area contributed by atoms with E-state index in [1.54, 1.807) is 7.11 Å². The van der Waals surface area contributed by atoms with Gasteiger partial charge in [0.2, 0.25) is 0 Å². The van der Waals surface area contributed by atoms with Gasteiger partial charge in [0.15, 0.2) is 5.60 Å². The third-order valence-electron chi connectivity index (χ3n) is 6.36. The van der Waals surface area contributed by atoms with Gasteiger partial charge in [-0.15, -0.1) is 0 Å². The molecule has 4 heteroatoms. The van der Waals surface area contributed by atoms with E-state index in [-0.39, 0.29) is 0 Å². The summed E-state index contributed by atoms with van der Waals surface area (Å²) in [7, 11) is 1.70. The number of nitrogens with zero attached hydrogens (tertiary/aromatic N) is 1. The molecule has 0 bridgehead atoms. The van der Waals surface area contributed by atoms with E-state index in [4.69, 9.17) is 14.2 Å². The molecular formula is C26H23NO3. The predicted molar refractivity (Wildman–Crippen MR) is 116 cm³/mol. The van der Waals surface area contributed by atoms with Crippen LogP contribution in [-0.2, 0) is 29.9 Å². The van der Waals surface area contributed by atoms with Crippen molar-refractivity contribution < 1.29 is 14.2 Å². The molecule has 30 heavy (non-hydrogen) atoms. The van der Waals surface area contributed by atoms with E-state index < -0.39 is 5.60 Å². The van der Waals surface area contributed by atoms with Gasteiger partial charge in [-0.3, -0.25) is 0 Å². The Labute approximate surface area is 175 Å². The summed E-state index contributed by atoms with van der Waals surface area (Å²) < 4.78 is 20.5. The van der Waals surface area contributed by atoms with Crippen molar-refractivity contribution in [2.24, 2.45) is 0 Å². The van der Waals surface area contributed by atoms with E-state index in [1.165, 1.54) is 33.3 Å². The Kier molecular flexibility index (Phi) is 3.90. The molecule has 0 fully saturated rings. The molecule has 3 aromatic carbocycles. The van der Waals surface area contributed by atoms with E-state index in [1.807, 2.05) is 18.2 Å². The second-order valence-electron chi connectivity index (χ2n) is 8.15. The van der Waals surface area contributed by atoms with Crippen LogP contribution < -0.4 is 9.47 Å². The SMILES string of the molecule is COc1ccc(Cn2c3c(c4ccccc42)[C@@]2(COC3)Cc3ccccc3O2)cc1. The fourth-order valence-electron chi connectivity index (χ4n) is 5.02. The van der Waals surface area contributed by atoms with E-state index in [9.17, 15) is 0 Å². The summed E-state index contributed by atoms with van der Waals surface area (Å²) in [5.41, 5.74) is 5.75. The molecule has 3 heterocycles. The summed E-state index contributed by atoms with van der Waals surface area (Å²) in [6.45, 7) is 1.96. The lowest BCUT2D eigenvalue weighted by Crippen LogP contribution is -2.40. The zero-order valence-corrected chi connectivity index (χ0v) is 16.9. The van der Waals surface area contributed by atoms with Crippen LogP contribution >= 0.6 is 0 Å². The maximum atomic E-state index is 6.61. The van der Waals surface area contributed by atoms with E-state index in [2.05, 4.69) is 59.2 Å². The Balaban J connectivity index is 1.50. The van der Waals surface area contributed by atoms with Crippen molar-refractivity contribution in [2.75, 3.05) is 13.7 Å². The van der Waals surface area contributed by atoms with Crippen LogP contribution in [-0.4, -0.2) is 18.3 Å². The maximum Gasteiger partial charge on any atom is 0.164 e. The third kappa shape index (κ3) is 2.57. The van der Waals surface area contributed by atoms with Gasteiger partial charge in [0.1, 0.15) is 11.5 Å². The number of hydrogen-bond donors (Lipinski definition) is 0. The summed E-state index contributed by atoms with van der Waals surface area (Å²) in [6, 6.07) is 25.3. The summed E-state index contributed by atoms with van der Waals surface area (Å²) in [5, 5.41) is 1.26. The third-order valence-corrected chi connectivity index (χ3v) is 6.36. The molecule has 0 amide bonds. The fraction of sp³-hybridized carbons (Fsp3) is 0.231. The topological polar surface area (TPSA) is 32.6 Å². The summed E-state index contributed by atoms with van der Waals surface area (Å²) in [6.07, 6.45) is 0.840. The van der Waals surface area contributed by atoms with Crippen LogP contribution in [0.15, 0.2) is 72.8 Å². The van der Waals surface area contributed by atoms with Gasteiger partial charge in [0.05, 0.1) is 26.0 Å². The molecule has 150 valence electrons. The van der Waals surface area contributed by atoms with Crippen LogP contribution in [0, 0.1) is 0 Å². The number of methoxy groups -OCH3 is 1. The van der Waals surface area contributed by atoms with Gasteiger partial charge in [0, 0.05) is 29.4 Å². The van der Waals surface area contributed by atoms with Gasteiger partial charge < -0.3 is 18.8 Å². The highest BCUT2D eigenvalue weighted by Crippen LogP contribution is 2.48. The number of hydrogen-bond acceptors (Lipinski definition) is 3. The molecule has 0 aliphatic carbocycles. The van der Waals surface area contributed by atoms with Crippen LogP contribution in [0.5, 0.6) is 11.5 Å². The Morgan fingerprint density at radius 2 is 1.77 bits per heavy atom. The first-order valence-electron chi connectivity index (χ1n) is 10.4. The molecule has 4 aromatic rings. The number of para-hydroxylation sites is 2. The molecule has 1 aromatic heterocycles. The summed E-state index contributed by atoms with van der Waals surface area (Å²) in [4.78, 5) is 0. The first-order chi connectivity index (χ1) is 14.8. The summed E-state index contributed by atoms with van der Waals surface area (Å²) >= 11 is 0. The standard InChI is InChI=1S/C26H23NO3/c1-28-20-12-10-18(11-13-20)15-27-22-8-4-3-7-21(22)25-23(27)16-29-17-26(25)14-19-6-2-5-9-24(19)30-26/h2-13H,14-17H2,1H3/t26-/m0/s1. The lowest BCUT2D eigenvalue weighted by Gasteiger charge is -2.34. The molecule has 0 unspecified atom stereocenters. The van der Waals surface area contributed by atoms with Crippen molar-refractivity contribution in [3.63, 3.8) is 0 Å². The van der Waals surface area contributed by atoms with Crippen LogP contribution in [0.2, 0.25) is 0 Å².